The fourth-order valence-electron chi connectivity index (χ4n) is 3.08. The molecule has 0 aliphatic carbocycles. The number of benzene rings is 1. The zero-order valence-electron chi connectivity index (χ0n) is 18.1. The van der Waals surface area contributed by atoms with Gasteiger partial charge in [0.1, 0.15) is 5.82 Å². The lowest BCUT2D eigenvalue weighted by Crippen LogP contribution is -2.37. The Balaban J connectivity index is 1.66. The Labute approximate surface area is 188 Å². The van der Waals surface area contributed by atoms with Crippen LogP contribution in [-0.2, 0) is 20.9 Å². The van der Waals surface area contributed by atoms with Gasteiger partial charge in [0.2, 0.25) is 0 Å². The molecule has 1 aromatic carbocycles. The Morgan fingerprint density at radius 2 is 1.97 bits per heavy atom. The van der Waals surface area contributed by atoms with Gasteiger partial charge in [0.05, 0.1) is 24.9 Å². The van der Waals surface area contributed by atoms with Crippen molar-refractivity contribution in [3.63, 3.8) is 0 Å². The van der Waals surface area contributed by atoms with Gasteiger partial charge in [-0.05, 0) is 31.2 Å². The summed E-state index contributed by atoms with van der Waals surface area (Å²) >= 11 is 0. The van der Waals surface area contributed by atoms with Gasteiger partial charge in [0.25, 0.3) is 12.4 Å². The number of nitrogens with two attached hydrogens (primary N) is 1. The van der Waals surface area contributed by atoms with Gasteiger partial charge in [0, 0.05) is 24.7 Å². The summed E-state index contributed by atoms with van der Waals surface area (Å²) in [6, 6.07) is 6.71. The van der Waals surface area contributed by atoms with Gasteiger partial charge < -0.3 is 25.8 Å². The molecule has 1 amide bonds. The summed E-state index contributed by atoms with van der Waals surface area (Å²) in [5.74, 6) is -0.760. The number of nitrogens with one attached hydrogen (secondary N) is 1. The second-order valence-corrected chi connectivity index (χ2v) is 7.22. The second kappa shape index (κ2) is 10.3. The van der Waals surface area contributed by atoms with Crippen LogP contribution in [0.3, 0.4) is 0 Å². The van der Waals surface area contributed by atoms with E-state index in [0.717, 1.165) is 5.69 Å². The zero-order valence-corrected chi connectivity index (χ0v) is 18.1. The maximum atomic E-state index is 12.4. The predicted molar refractivity (Wildman–Crippen MR) is 118 cm³/mol. The number of rotatable bonds is 10. The number of amides is 1. The number of nitrogens with zero attached hydrogens (tertiary/aromatic N) is 5. The van der Waals surface area contributed by atoms with Crippen molar-refractivity contribution in [3.05, 3.63) is 47.5 Å². The second-order valence-electron chi connectivity index (χ2n) is 7.22. The number of ether oxygens (including phenoxy) is 1. The van der Waals surface area contributed by atoms with E-state index < -0.39 is 18.1 Å². The molecule has 2 heterocycles. The number of anilines is 2. The quantitative estimate of drug-likeness (QED) is 0.295. The highest BCUT2D eigenvalue weighted by Crippen LogP contribution is 2.18. The molecule has 0 saturated heterocycles. The molecule has 0 saturated carbocycles. The third kappa shape index (κ3) is 6.09. The molecule has 12 nitrogen and oxygen atoms in total. The monoisotopic (exact) mass is 453 g/mol. The molecule has 33 heavy (non-hydrogen) atoms. The van der Waals surface area contributed by atoms with Gasteiger partial charge >= 0.3 is 5.97 Å². The van der Waals surface area contributed by atoms with Crippen LogP contribution in [0.4, 0.5) is 11.5 Å². The van der Waals surface area contributed by atoms with Crippen molar-refractivity contribution in [2.45, 2.75) is 32.5 Å². The van der Waals surface area contributed by atoms with Crippen molar-refractivity contribution in [1.29, 1.82) is 0 Å². The van der Waals surface area contributed by atoms with Crippen molar-refractivity contribution >= 4 is 41.0 Å². The number of carboxylic acid groups (broad SMARTS) is 1. The van der Waals surface area contributed by atoms with Crippen LogP contribution in [0.25, 0.3) is 11.2 Å². The van der Waals surface area contributed by atoms with Crippen LogP contribution >= 0.6 is 0 Å². The lowest BCUT2D eigenvalue weighted by Gasteiger charge is -2.20. The van der Waals surface area contributed by atoms with Gasteiger partial charge in [-0.3, -0.25) is 14.4 Å². The third-order valence-corrected chi connectivity index (χ3v) is 4.70. The van der Waals surface area contributed by atoms with E-state index in [2.05, 4.69) is 25.3 Å². The highest BCUT2D eigenvalue weighted by molar-refractivity contribution is 5.94. The molecule has 172 valence electrons. The van der Waals surface area contributed by atoms with E-state index in [1.807, 2.05) is 11.9 Å². The minimum atomic E-state index is -1.06. The van der Waals surface area contributed by atoms with Gasteiger partial charge in [-0.2, -0.15) is 0 Å². The zero-order chi connectivity index (χ0) is 24.0. The molecule has 2 aromatic heterocycles. The van der Waals surface area contributed by atoms with Crippen molar-refractivity contribution < 1.29 is 24.2 Å². The fourth-order valence-corrected chi connectivity index (χ4v) is 3.08. The van der Waals surface area contributed by atoms with Crippen molar-refractivity contribution in [2.75, 3.05) is 17.7 Å². The van der Waals surface area contributed by atoms with Crippen LogP contribution in [0.15, 0.2) is 30.5 Å². The number of nitrogen functional groups attached to an aromatic ring is 1. The largest absolute Gasteiger partial charge is 0.481 e. The number of aryl methyl sites for hydroxylation is 1. The summed E-state index contributed by atoms with van der Waals surface area (Å²) in [7, 11) is 1.86. The number of aromatic nitrogens is 4. The minimum Gasteiger partial charge on any atom is -0.481 e. The summed E-state index contributed by atoms with van der Waals surface area (Å²) in [6.07, 6.45) is 0.303. The predicted octanol–water partition coefficient (Wildman–Crippen LogP) is 1.04. The molecule has 1 unspecified atom stereocenters. The highest BCUT2D eigenvalue weighted by Gasteiger charge is 2.16. The van der Waals surface area contributed by atoms with E-state index in [9.17, 15) is 14.4 Å². The van der Waals surface area contributed by atoms with Crippen LogP contribution < -0.4 is 16.0 Å². The molecule has 0 spiro atoms. The number of carboxylic acids is 1. The number of hydrogen-bond donors (Lipinski definition) is 3. The maximum absolute atomic E-state index is 12.4. The Morgan fingerprint density at radius 3 is 2.64 bits per heavy atom. The fraction of sp³-hybridized carbons (Fsp3) is 0.286. The third-order valence-electron chi connectivity index (χ3n) is 4.70. The van der Waals surface area contributed by atoms with Crippen molar-refractivity contribution in [2.24, 2.45) is 0 Å². The van der Waals surface area contributed by atoms with E-state index in [4.69, 9.17) is 15.6 Å². The normalized spacial score (nSPS) is 11.6. The molecule has 0 aliphatic heterocycles. The molecule has 0 aliphatic rings. The molecule has 4 N–H and O–H groups in total. The minimum absolute atomic E-state index is 0.0391. The van der Waals surface area contributed by atoms with Crippen molar-refractivity contribution in [3.8, 4) is 0 Å². The van der Waals surface area contributed by atoms with Crippen LogP contribution in [0, 0.1) is 6.92 Å². The number of carbonyl (C=O) groups excluding carboxylic acids is 2. The molecular weight excluding hydrogens is 430 g/mol. The lowest BCUT2D eigenvalue weighted by atomic mass is 10.1. The Bertz CT molecular complexity index is 1170. The average Bonchev–Trinajstić information content (AvgIpc) is 2.78. The van der Waals surface area contributed by atoms with Gasteiger partial charge in [-0.25, -0.2) is 19.9 Å². The first kappa shape index (κ1) is 23.3. The summed E-state index contributed by atoms with van der Waals surface area (Å²) in [6.45, 7) is 2.32. The summed E-state index contributed by atoms with van der Waals surface area (Å²) < 4.78 is 4.74. The van der Waals surface area contributed by atoms with Crippen LogP contribution in [0.2, 0.25) is 0 Å². The molecule has 3 aromatic rings. The van der Waals surface area contributed by atoms with Crippen molar-refractivity contribution in [1.82, 2.24) is 25.3 Å². The molecule has 0 bridgehead atoms. The number of hydrogen-bond acceptors (Lipinski definition) is 10. The smallest absolute Gasteiger partial charge is 0.303 e. The number of carbonyl (C=O) groups is 3. The lowest BCUT2D eigenvalue weighted by molar-refractivity contribution is -0.141. The average molecular weight is 453 g/mol. The molecular formula is C21H23N7O5. The molecule has 0 radical (unpaired) electrons. The topological polar surface area (TPSA) is 174 Å². The van der Waals surface area contributed by atoms with Gasteiger partial charge in [0.15, 0.2) is 23.2 Å². The van der Waals surface area contributed by atoms with E-state index in [1.165, 1.54) is 0 Å². The Morgan fingerprint density at radius 1 is 1.24 bits per heavy atom. The molecule has 12 heteroatoms. The number of aliphatic carboxylic acids is 1. The first-order chi connectivity index (χ1) is 15.8. The first-order valence-electron chi connectivity index (χ1n) is 9.95. The first-order valence-corrected chi connectivity index (χ1v) is 9.95. The Kier molecular flexibility index (Phi) is 7.28. The molecule has 0 fully saturated rings. The van der Waals surface area contributed by atoms with Crippen LogP contribution in [0.5, 0.6) is 0 Å². The van der Waals surface area contributed by atoms with E-state index in [1.54, 1.807) is 37.4 Å². The summed E-state index contributed by atoms with van der Waals surface area (Å²) in [5, 5.41) is 11.3. The van der Waals surface area contributed by atoms with Crippen LogP contribution in [-0.4, -0.2) is 56.7 Å². The van der Waals surface area contributed by atoms with Gasteiger partial charge in [-0.15, -0.1) is 0 Å². The molecule has 1 atom stereocenters. The summed E-state index contributed by atoms with van der Waals surface area (Å²) in [5.41, 5.74) is 8.61. The van der Waals surface area contributed by atoms with E-state index in [0.29, 0.717) is 34.8 Å². The maximum Gasteiger partial charge on any atom is 0.303 e. The van der Waals surface area contributed by atoms with E-state index in [-0.39, 0.29) is 25.1 Å². The molecule has 3 rings (SSSR count). The van der Waals surface area contributed by atoms with Gasteiger partial charge in [-0.1, -0.05) is 0 Å². The highest BCUT2D eigenvalue weighted by atomic mass is 16.5. The standard InChI is InChI=1S/C21H23N7O5/c1-12-24-19(22)18-20(25-12)23-9-14(26-18)10-28(2)15-5-3-13(4-6-15)21(32)27-16(33-11-29)7-8-17(30)31/h3-6,9,11,16H,7-8,10H2,1-2H3,(H,27,32)(H,30,31)(H2,22,23,24,25). The Hall–Kier alpha value is -4.35. The van der Waals surface area contributed by atoms with E-state index >= 15 is 0 Å². The van der Waals surface area contributed by atoms with Crippen LogP contribution in [0.1, 0.15) is 34.7 Å². The summed E-state index contributed by atoms with van der Waals surface area (Å²) in [4.78, 5) is 52.8. The number of fused-ring (bicyclic) bond motifs is 1. The SMILES string of the molecule is Cc1nc(N)c2nc(CN(C)c3ccc(C(=O)NC(CCC(=O)O)OC=O)cc3)cnc2n1.